The van der Waals surface area contributed by atoms with Crippen LogP contribution < -0.4 is 5.32 Å². The summed E-state index contributed by atoms with van der Waals surface area (Å²) in [5.41, 5.74) is -0.624. The average Bonchev–Trinajstić information content (AvgIpc) is 4.27. The smallest absolute Gasteiger partial charge is 0.354 e. The number of carbonyl (C=O) groups excluding carboxylic acids is 4. The first-order valence-electron chi connectivity index (χ1n) is 24.4. The molecular weight excluding hydrogens is 1020 g/mol. The molecule has 2 atom stereocenters. The first-order valence-corrected chi connectivity index (χ1v) is 24.8. The molecule has 1 fully saturated rings. The van der Waals surface area contributed by atoms with Crippen molar-refractivity contribution in [1.82, 2.24) is 54.8 Å². The summed E-state index contributed by atoms with van der Waals surface area (Å²) in [6, 6.07) is 8.60. The SMILES string of the molecule is COC(=O)c1cc2c(Cl)cc(C3=C(C4C=C(c5cc(-c6cc(F)c([C@H]7CCNCC7(F)F)cc6F)c6cc(C(=O)N(C)C)[nH]c6c5F)CN(C(=O)CCn5cccn5)C4)CCN(C(=O)CCn4ccnn4)C3)c(F)c2[nH]1. The van der Waals surface area contributed by atoms with Crippen molar-refractivity contribution in [3.63, 3.8) is 0 Å². The van der Waals surface area contributed by atoms with Crippen LogP contribution in [0.15, 0.2) is 78.9 Å². The van der Waals surface area contributed by atoms with Gasteiger partial charge in [-0.25, -0.2) is 31.1 Å². The fourth-order valence-electron chi connectivity index (χ4n) is 10.6. The minimum absolute atomic E-state index is 0.00354. The van der Waals surface area contributed by atoms with Crippen LogP contribution >= 0.6 is 11.6 Å². The molecule has 396 valence electrons. The second-order valence-corrected chi connectivity index (χ2v) is 19.8. The van der Waals surface area contributed by atoms with Crippen LogP contribution in [0.2, 0.25) is 5.02 Å². The van der Waals surface area contributed by atoms with E-state index in [9.17, 15) is 19.2 Å². The van der Waals surface area contributed by atoms with Crippen molar-refractivity contribution in [1.29, 1.82) is 0 Å². The number of hydrogen-bond acceptors (Lipinski definition) is 9. The molecular formula is C53H50ClF6N11O5. The molecule has 16 nitrogen and oxygen atoms in total. The van der Waals surface area contributed by atoms with Gasteiger partial charge in [-0.3, -0.25) is 23.7 Å². The number of methoxy groups -OCH3 is 1. The summed E-state index contributed by atoms with van der Waals surface area (Å²) in [6.45, 7) is -0.394. The molecule has 76 heavy (non-hydrogen) atoms. The van der Waals surface area contributed by atoms with E-state index in [-0.39, 0.29) is 144 Å². The zero-order valence-corrected chi connectivity index (χ0v) is 42.1. The maximum atomic E-state index is 17.7. The molecule has 0 spiro atoms. The van der Waals surface area contributed by atoms with E-state index in [1.165, 1.54) is 66.1 Å². The predicted octanol–water partition coefficient (Wildman–Crippen LogP) is 8.22. The lowest BCUT2D eigenvalue weighted by Crippen LogP contribution is -2.44. The Labute approximate surface area is 435 Å². The number of nitrogens with one attached hydrogen (secondary N) is 3. The molecule has 0 bridgehead atoms. The van der Waals surface area contributed by atoms with Gasteiger partial charge >= 0.3 is 5.97 Å². The molecule has 0 aliphatic carbocycles. The van der Waals surface area contributed by atoms with E-state index in [0.29, 0.717) is 11.1 Å². The average molecular weight is 1070 g/mol. The molecule has 3 amide bonds. The van der Waals surface area contributed by atoms with Crippen molar-refractivity contribution in [2.24, 2.45) is 5.92 Å². The zero-order chi connectivity index (χ0) is 53.7. The Morgan fingerprint density at radius 2 is 1.54 bits per heavy atom. The van der Waals surface area contributed by atoms with Crippen LogP contribution in [-0.4, -0.2) is 140 Å². The third-order valence-electron chi connectivity index (χ3n) is 14.5. The first kappa shape index (κ1) is 51.8. The highest BCUT2D eigenvalue weighted by atomic mass is 35.5. The van der Waals surface area contributed by atoms with Gasteiger partial charge in [-0.1, -0.05) is 28.5 Å². The summed E-state index contributed by atoms with van der Waals surface area (Å²) >= 11 is 6.87. The van der Waals surface area contributed by atoms with E-state index in [1.807, 2.05) is 0 Å². The zero-order valence-electron chi connectivity index (χ0n) is 41.3. The number of carbonyl (C=O) groups is 4. The van der Waals surface area contributed by atoms with Crippen molar-refractivity contribution in [3.05, 3.63) is 135 Å². The van der Waals surface area contributed by atoms with Gasteiger partial charge in [0.15, 0.2) is 11.6 Å². The highest BCUT2D eigenvalue weighted by Crippen LogP contribution is 2.45. The molecule has 1 saturated heterocycles. The number of aromatic amines is 2. The summed E-state index contributed by atoms with van der Waals surface area (Å²) in [5.74, 6) is -11.7. The summed E-state index contributed by atoms with van der Waals surface area (Å²) in [7, 11) is 4.12. The molecule has 3 aliphatic heterocycles. The largest absolute Gasteiger partial charge is 0.464 e. The van der Waals surface area contributed by atoms with E-state index in [2.05, 4.69) is 30.7 Å². The van der Waals surface area contributed by atoms with E-state index in [1.54, 1.807) is 40.3 Å². The highest BCUT2D eigenvalue weighted by molar-refractivity contribution is 6.36. The lowest BCUT2D eigenvalue weighted by atomic mass is 9.81. The standard InChI is InChI=1S/C53H50ClF6N11O5/c1-67(2)51(74)43-22-35-32(33-20-42(56)36(21-41(33)55)39-5-10-61-27-53(39,59)60)18-31(47(57)49(35)64-43)29-17-28(24-69(25-29)46(73)7-14-70-12-4-9-63-70)30-6-13-68(45(72)8-15-71-16-11-62-66-71)26-38(30)34-19-40(54)37-23-44(52(75)76-3)65-50(37)48(34)58/h4,9,11-12,16-23,28,39,61,64-65H,5-8,10,13-15,24-27H2,1-3H3/t28?,39-/m1/s1. The number of halogens is 7. The van der Waals surface area contributed by atoms with Crippen molar-refractivity contribution in [3.8, 4) is 11.1 Å². The third kappa shape index (κ3) is 9.86. The first-order chi connectivity index (χ1) is 36.4. The summed E-state index contributed by atoms with van der Waals surface area (Å²) < 4.78 is 106. The van der Waals surface area contributed by atoms with Crippen molar-refractivity contribution in [2.75, 3.05) is 60.5 Å². The lowest BCUT2D eigenvalue weighted by Gasteiger charge is -2.38. The Kier molecular flexibility index (Phi) is 14.1. The Morgan fingerprint density at radius 1 is 0.816 bits per heavy atom. The van der Waals surface area contributed by atoms with Crippen molar-refractivity contribution < 1.29 is 50.3 Å². The molecule has 23 heteroatoms. The monoisotopic (exact) mass is 1070 g/mol. The molecule has 10 rings (SSSR count). The van der Waals surface area contributed by atoms with Gasteiger partial charge in [0.25, 0.3) is 11.8 Å². The van der Waals surface area contributed by atoms with Crippen LogP contribution in [0, 0.1) is 29.2 Å². The Morgan fingerprint density at radius 3 is 2.25 bits per heavy atom. The highest BCUT2D eigenvalue weighted by Gasteiger charge is 2.44. The van der Waals surface area contributed by atoms with Gasteiger partial charge in [0.2, 0.25) is 11.8 Å². The van der Waals surface area contributed by atoms with E-state index in [4.69, 9.17) is 16.3 Å². The fraction of sp³-hybridized carbons (Fsp3) is 0.340. The number of esters is 1. The van der Waals surface area contributed by atoms with Gasteiger partial charge in [-0.05, 0) is 84.1 Å². The number of alkyl halides is 2. The van der Waals surface area contributed by atoms with E-state index < -0.39 is 70.6 Å². The van der Waals surface area contributed by atoms with E-state index in [0.717, 1.165) is 12.1 Å². The molecule has 0 radical (unpaired) electrons. The number of H-pyrrole nitrogens is 2. The van der Waals surface area contributed by atoms with Gasteiger partial charge in [0.05, 0.1) is 48.4 Å². The molecule has 0 saturated carbocycles. The minimum Gasteiger partial charge on any atom is -0.464 e. The number of aryl methyl sites for hydroxylation is 2. The maximum absolute atomic E-state index is 17.7. The van der Waals surface area contributed by atoms with Crippen LogP contribution in [0.4, 0.5) is 26.3 Å². The number of piperidine rings is 1. The van der Waals surface area contributed by atoms with Gasteiger partial charge in [0.1, 0.15) is 23.0 Å². The van der Waals surface area contributed by atoms with Crippen LogP contribution in [0.25, 0.3) is 44.1 Å². The van der Waals surface area contributed by atoms with Crippen molar-refractivity contribution in [2.45, 2.75) is 50.6 Å². The molecule has 3 N–H and O–H groups in total. The van der Waals surface area contributed by atoms with Gasteiger partial charge in [-0.2, -0.15) is 5.10 Å². The summed E-state index contributed by atoms with van der Waals surface area (Å²) in [6.07, 6.45) is 8.00. The lowest BCUT2D eigenvalue weighted by molar-refractivity contribution is -0.131. The second-order valence-electron chi connectivity index (χ2n) is 19.3. The van der Waals surface area contributed by atoms with Crippen LogP contribution in [-0.2, 0) is 27.4 Å². The second kappa shape index (κ2) is 20.8. The summed E-state index contributed by atoms with van der Waals surface area (Å²) in [4.78, 5) is 64.4. The van der Waals surface area contributed by atoms with Gasteiger partial charge in [-0.15, -0.1) is 5.10 Å². The number of aromatic nitrogens is 7. The third-order valence-corrected chi connectivity index (χ3v) is 14.8. The number of benzene rings is 3. The maximum Gasteiger partial charge on any atom is 0.354 e. The number of fused-ring (bicyclic) bond motifs is 2. The molecule has 7 heterocycles. The number of rotatable bonds is 13. The number of hydrogen-bond donors (Lipinski definition) is 3. The molecule has 3 aromatic carbocycles. The Balaban J connectivity index is 1.15. The van der Waals surface area contributed by atoms with Gasteiger partial charge in [0, 0.05) is 112 Å². The Bertz CT molecular complexity index is 3500. The van der Waals surface area contributed by atoms with Crippen molar-refractivity contribution >= 4 is 68.2 Å². The number of nitrogens with zero attached hydrogens (tertiary/aromatic N) is 8. The van der Waals surface area contributed by atoms with Crippen LogP contribution in [0.3, 0.4) is 0 Å². The summed E-state index contributed by atoms with van der Waals surface area (Å²) in [5, 5.41) is 14.8. The topological polar surface area (TPSA) is 179 Å². The number of amides is 3. The quantitative estimate of drug-likeness (QED) is 0.0758. The normalized spacial score (nSPS) is 17.9. The molecule has 4 aromatic heterocycles. The molecule has 7 aromatic rings. The van der Waals surface area contributed by atoms with Crippen LogP contribution in [0.5, 0.6) is 0 Å². The molecule has 3 aliphatic rings. The fourth-order valence-corrected chi connectivity index (χ4v) is 10.9. The van der Waals surface area contributed by atoms with Gasteiger partial charge < -0.3 is 34.7 Å². The number of ether oxygens (including phenoxy) is 1. The van der Waals surface area contributed by atoms with Crippen LogP contribution in [0.1, 0.15) is 69.3 Å². The minimum atomic E-state index is -3.39. The predicted molar refractivity (Wildman–Crippen MR) is 269 cm³/mol. The Hall–Kier alpha value is -7.72. The van der Waals surface area contributed by atoms with E-state index >= 15 is 26.3 Å². The molecule has 1 unspecified atom stereocenters.